The van der Waals surface area contributed by atoms with E-state index in [1.807, 2.05) is 79.7 Å². The van der Waals surface area contributed by atoms with Gasteiger partial charge in [0.25, 0.3) is 5.91 Å². The minimum Gasteiger partial charge on any atom is -0.497 e. The molecule has 0 saturated carbocycles. The van der Waals surface area contributed by atoms with Crippen molar-refractivity contribution < 1.29 is 13.9 Å². The summed E-state index contributed by atoms with van der Waals surface area (Å²) in [5.74, 6) is 2.92. The molecular formula is C28H26N4O3. The highest BCUT2D eigenvalue weighted by atomic mass is 16.5. The highest BCUT2D eigenvalue weighted by molar-refractivity contribution is 5.94. The van der Waals surface area contributed by atoms with Crippen molar-refractivity contribution in [3.05, 3.63) is 96.0 Å². The Morgan fingerprint density at radius 2 is 1.86 bits per heavy atom. The molecular weight excluding hydrogens is 440 g/mol. The number of nitrogens with one attached hydrogen (secondary N) is 1. The molecule has 0 bridgehead atoms. The van der Waals surface area contributed by atoms with E-state index in [2.05, 4.69) is 10.4 Å². The molecule has 0 spiro atoms. The van der Waals surface area contributed by atoms with E-state index in [0.717, 1.165) is 39.6 Å². The molecule has 0 atom stereocenters. The zero-order valence-corrected chi connectivity index (χ0v) is 19.7. The number of para-hydroxylation sites is 1. The largest absolute Gasteiger partial charge is 0.497 e. The minimum absolute atomic E-state index is 0.148. The fraction of sp³-hybridized carbons (Fsp3) is 0.179. The summed E-state index contributed by atoms with van der Waals surface area (Å²) in [6.45, 7) is 2.49. The third-order valence-corrected chi connectivity index (χ3v) is 5.80. The lowest BCUT2D eigenvalue weighted by Gasteiger charge is -2.09. The Morgan fingerprint density at radius 1 is 1.03 bits per heavy atom. The lowest BCUT2D eigenvalue weighted by Crippen LogP contribution is -2.25. The molecule has 176 valence electrons. The average Bonchev–Trinajstić information content (AvgIpc) is 3.53. The van der Waals surface area contributed by atoms with Gasteiger partial charge in [0.1, 0.15) is 17.1 Å². The Balaban J connectivity index is 1.33. The quantitative estimate of drug-likeness (QED) is 0.339. The van der Waals surface area contributed by atoms with E-state index in [1.54, 1.807) is 17.9 Å². The Labute approximate surface area is 203 Å². The summed E-state index contributed by atoms with van der Waals surface area (Å²) >= 11 is 0. The number of hydrogen-bond donors (Lipinski definition) is 1. The molecule has 0 saturated heterocycles. The number of aryl methyl sites for hydroxylation is 1. The van der Waals surface area contributed by atoms with Crippen molar-refractivity contribution in [3.63, 3.8) is 0 Å². The van der Waals surface area contributed by atoms with E-state index in [0.29, 0.717) is 30.8 Å². The SMILES string of the molecule is CCc1nc(-c2ccc(OC)cc2)n(-c2cccc(C(=O)NCCc3cc4ccccc4o3)c2)n1. The van der Waals surface area contributed by atoms with Crippen LogP contribution in [0.3, 0.4) is 0 Å². The molecule has 3 aromatic carbocycles. The number of amides is 1. The number of benzene rings is 3. The summed E-state index contributed by atoms with van der Waals surface area (Å²) in [4.78, 5) is 17.6. The van der Waals surface area contributed by atoms with Crippen LogP contribution in [0.2, 0.25) is 0 Å². The van der Waals surface area contributed by atoms with E-state index in [9.17, 15) is 4.79 Å². The molecule has 0 fully saturated rings. The normalized spacial score (nSPS) is 11.0. The number of hydrogen-bond acceptors (Lipinski definition) is 5. The van der Waals surface area contributed by atoms with Crippen LogP contribution in [-0.4, -0.2) is 34.3 Å². The van der Waals surface area contributed by atoms with E-state index in [4.69, 9.17) is 14.1 Å². The molecule has 0 aliphatic heterocycles. The molecule has 0 aliphatic rings. The second-order valence-corrected chi connectivity index (χ2v) is 8.15. The van der Waals surface area contributed by atoms with Gasteiger partial charge in [-0.05, 0) is 54.6 Å². The van der Waals surface area contributed by atoms with E-state index < -0.39 is 0 Å². The van der Waals surface area contributed by atoms with Crippen LogP contribution >= 0.6 is 0 Å². The number of nitrogens with zero attached hydrogens (tertiary/aromatic N) is 3. The van der Waals surface area contributed by atoms with Crippen molar-refractivity contribution >= 4 is 16.9 Å². The first-order valence-corrected chi connectivity index (χ1v) is 11.6. The van der Waals surface area contributed by atoms with Gasteiger partial charge in [-0.15, -0.1) is 0 Å². The van der Waals surface area contributed by atoms with Crippen LogP contribution in [0, 0.1) is 0 Å². The Morgan fingerprint density at radius 3 is 2.63 bits per heavy atom. The zero-order chi connectivity index (χ0) is 24.2. The van der Waals surface area contributed by atoms with Gasteiger partial charge in [-0.25, -0.2) is 9.67 Å². The minimum atomic E-state index is -0.148. The maximum absolute atomic E-state index is 12.9. The third-order valence-electron chi connectivity index (χ3n) is 5.80. The van der Waals surface area contributed by atoms with Crippen LogP contribution in [-0.2, 0) is 12.8 Å². The van der Waals surface area contributed by atoms with Crippen molar-refractivity contribution in [2.24, 2.45) is 0 Å². The molecule has 5 rings (SSSR count). The molecule has 0 radical (unpaired) electrons. The summed E-state index contributed by atoms with van der Waals surface area (Å²) in [7, 11) is 1.64. The number of methoxy groups -OCH3 is 1. The maximum Gasteiger partial charge on any atom is 0.251 e. The maximum atomic E-state index is 12.9. The van der Waals surface area contributed by atoms with Crippen LogP contribution in [0.15, 0.2) is 83.3 Å². The highest BCUT2D eigenvalue weighted by Crippen LogP contribution is 2.24. The summed E-state index contributed by atoms with van der Waals surface area (Å²) in [6, 6.07) is 25.0. The molecule has 0 unspecified atom stereocenters. The first-order chi connectivity index (χ1) is 17.1. The number of aromatic nitrogens is 3. The van der Waals surface area contributed by atoms with E-state index in [-0.39, 0.29) is 5.91 Å². The first-order valence-electron chi connectivity index (χ1n) is 11.6. The van der Waals surface area contributed by atoms with Gasteiger partial charge in [0.05, 0.1) is 12.8 Å². The van der Waals surface area contributed by atoms with Crippen LogP contribution in [0.1, 0.15) is 28.9 Å². The lowest BCUT2D eigenvalue weighted by molar-refractivity contribution is 0.0953. The zero-order valence-electron chi connectivity index (χ0n) is 19.7. The van der Waals surface area contributed by atoms with Crippen LogP contribution < -0.4 is 10.1 Å². The topological polar surface area (TPSA) is 82.2 Å². The van der Waals surface area contributed by atoms with Gasteiger partial charge in [0.15, 0.2) is 11.6 Å². The molecule has 5 aromatic rings. The summed E-state index contributed by atoms with van der Waals surface area (Å²) in [5.41, 5.74) is 3.10. The molecule has 1 amide bonds. The Bertz CT molecular complexity index is 1430. The van der Waals surface area contributed by atoms with Gasteiger partial charge in [-0.3, -0.25) is 4.79 Å². The Kier molecular flexibility index (Phi) is 6.30. The molecule has 35 heavy (non-hydrogen) atoms. The van der Waals surface area contributed by atoms with E-state index in [1.165, 1.54) is 0 Å². The van der Waals surface area contributed by atoms with Crippen molar-refractivity contribution in [2.75, 3.05) is 13.7 Å². The molecule has 7 nitrogen and oxygen atoms in total. The van der Waals surface area contributed by atoms with E-state index >= 15 is 0 Å². The van der Waals surface area contributed by atoms with Crippen LogP contribution in [0.5, 0.6) is 5.75 Å². The standard InChI is InChI=1S/C28H26N4O3/c1-3-26-30-27(19-11-13-23(34-2)14-12-19)32(31-26)22-9-6-8-21(17-22)28(33)29-16-15-24-18-20-7-4-5-10-25(20)35-24/h4-14,17-18H,3,15-16H2,1-2H3,(H,29,33). The molecule has 0 aliphatic carbocycles. The predicted octanol–water partition coefficient (Wildman–Crippen LogP) is 5.22. The highest BCUT2D eigenvalue weighted by Gasteiger charge is 2.15. The fourth-order valence-corrected chi connectivity index (χ4v) is 3.95. The van der Waals surface area contributed by atoms with Gasteiger partial charge in [-0.2, -0.15) is 5.10 Å². The monoisotopic (exact) mass is 466 g/mol. The van der Waals surface area contributed by atoms with Crippen LogP contribution in [0.4, 0.5) is 0 Å². The number of carbonyl (C=O) groups is 1. The Hall–Kier alpha value is -4.39. The average molecular weight is 467 g/mol. The van der Waals surface area contributed by atoms with Crippen LogP contribution in [0.25, 0.3) is 28.0 Å². The van der Waals surface area contributed by atoms with Crippen molar-refractivity contribution in [2.45, 2.75) is 19.8 Å². The molecule has 7 heteroatoms. The molecule has 1 N–H and O–H groups in total. The second kappa shape index (κ2) is 9.85. The van der Waals surface area contributed by atoms with Gasteiger partial charge in [0, 0.05) is 35.9 Å². The van der Waals surface area contributed by atoms with Gasteiger partial charge >= 0.3 is 0 Å². The second-order valence-electron chi connectivity index (χ2n) is 8.15. The first kappa shape index (κ1) is 22.4. The van der Waals surface area contributed by atoms with Crippen molar-refractivity contribution in [3.8, 4) is 22.8 Å². The summed E-state index contributed by atoms with van der Waals surface area (Å²) in [5, 5.41) is 8.72. The number of fused-ring (bicyclic) bond motifs is 1. The van der Waals surface area contributed by atoms with Gasteiger partial charge < -0.3 is 14.5 Å². The third kappa shape index (κ3) is 4.80. The number of ether oxygens (including phenoxy) is 1. The van der Waals surface area contributed by atoms with Gasteiger partial charge in [-0.1, -0.05) is 31.2 Å². The van der Waals surface area contributed by atoms with Gasteiger partial charge in [0.2, 0.25) is 0 Å². The molecule has 2 aromatic heterocycles. The number of furan rings is 1. The summed E-state index contributed by atoms with van der Waals surface area (Å²) in [6.07, 6.45) is 1.32. The van der Waals surface area contributed by atoms with Crippen molar-refractivity contribution in [1.82, 2.24) is 20.1 Å². The number of rotatable bonds is 8. The lowest BCUT2D eigenvalue weighted by atomic mass is 10.1. The summed E-state index contributed by atoms with van der Waals surface area (Å²) < 4.78 is 12.9. The van der Waals surface area contributed by atoms with Crippen molar-refractivity contribution in [1.29, 1.82) is 0 Å². The smallest absolute Gasteiger partial charge is 0.251 e. The predicted molar refractivity (Wildman–Crippen MR) is 135 cm³/mol. The fourth-order valence-electron chi connectivity index (χ4n) is 3.95. The number of carbonyl (C=O) groups excluding carboxylic acids is 1. The molecule has 2 heterocycles.